The summed E-state index contributed by atoms with van der Waals surface area (Å²) in [5.41, 5.74) is 2.76. The molecule has 27 heavy (non-hydrogen) atoms. The van der Waals surface area contributed by atoms with Gasteiger partial charge in [-0.15, -0.1) is 0 Å². The molecule has 138 valence electrons. The van der Waals surface area contributed by atoms with Gasteiger partial charge >= 0.3 is 0 Å². The van der Waals surface area contributed by atoms with E-state index in [4.69, 9.17) is 9.47 Å². The highest BCUT2D eigenvalue weighted by Crippen LogP contribution is 2.26. The molecule has 1 N–H and O–H groups in total. The standard InChI is InChI=1S/C22H22N2O3/c1-26-19-8-9-20(27-2)18(14-19)15-21(25)24-22(16-6-4-3-5-7-16)17-10-12-23-13-11-17/h3-14,22H,15H2,1-2H3,(H,24,25). The van der Waals surface area contributed by atoms with Crippen molar-refractivity contribution in [1.29, 1.82) is 0 Å². The molecule has 5 heteroatoms. The summed E-state index contributed by atoms with van der Waals surface area (Å²) < 4.78 is 10.6. The van der Waals surface area contributed by atoms with Gasteiger partial charge in [0.05, 0.1) is 26.7 Å². The predicted molar refractivity (Wildman–Crippen MR) is 104 cm³/mol. The van der Waals surface area contributed by atoms with Crippen LogP contribution < -0.4 is 14.8 Å². The van der Waals surface area contributed by atoms with Crippen molar-refractivity contribution < 1.29 is 14.3 Å². The minimum Gasteiger partial charge on any atom is -0.497 e. The first kappa shape index (κ1) is 18.5. The highest BCUT2D eigenvalue weighted by Gasteiger charge is 2.18. The third-order valence-corrected chi connectivity index (χ3v) is 4.32. The highest BCUT2D eigenvalue weighted by atomic mass is 16.5. The lowest BCUT2D eigenvalue weighted by atomic mass is 9.99. The summed E-state index contributed by atoms with van der Waals surface area (Å²) in [6, 6.07) is 18.9. The van der Waals surface area contributed by atoms with Crippen LogP contribution in [0.4, 0.5) is 0 Å². The Morgan fingerprint density at radius 3 is 2.33 bits per heavy atom. The van der Waals surface area contributed by atoms with Crippen molar-refractivity contribution in [2.75, 3.05) is 14.2 Å². The van der Waals surface area contributed by atoms with Crippen LogP contribution >= 0.6 is 0 Å². The molecule has 1 heterocycles. The monoisotopic (exact) mass is 362 g/mol. The van der Waals surface area contributed by atoms with E-state index in [1.807, 2.05) is 54.6 Å². The number of hydrogen-bond acceptors (Lipinski definition) is 4. The van der Waals surface area contributed by atoms with Crippen molar-refractivity contribution in [2.45, 2.75) is 12.5 Å². The molecule has 0 radical (unpaired) electrons. The Balaban J connectivity index is 1.83. The SMILES string of the molecule is COc1ccc(OC)c(CC(=O)NC(c2ccccc2)c2ccncc2)c1. The lowest BCUT2D eigenvalue weighted by molar-refractivity contribution is -0.121. The number of amides is 1. The third-order valence-electron chi connectivity index (χ3n) is 4.32. The van der Waals surface area contributed by atoms with E-state index in [-0.39, 0.29) is 18.4 Å². The summed E-state index contributed by atoms with van der Waals surface area (Å²) in [5, 5.41) is 3.12. The second-order valence-corrected chi connectivity index (χ2v) is 6.05. The second kappa shape index (κ2) is 8.85. The van der Waals surface area contributed by atoms with Crippen molar-refractivity contribution in [2.24, 2.45) is 0 Å². The lowest BCUT2D eigenvalue weighted by Gasteiger charge is -2.20. The van der Waals surface area contributed by atoms with Crippen LogP contribution in [0.5, 0.6) is 11.5 Å². The van der Waals surface area contributed by atoms with Crippen molar-refractivity contribution in [3.8, 4) is 11.5 Å². The summed E-state index contributed by atoms with van der Waals surface area (Å²) in [7, 11) is 3.19. The van der Waals surface area contributed by atoms with Crippen LogP contribution in [0.25, 0.3) is 0 Å². The molecule has 3 rings (SSSR count). The largest absolute Gasteiger partial charge is 0.497 e. The summed E-state index contributed by atoms with van der Waals surface area (Å²) >= 11 is 0. The fourth-order valence-corrected chi connectivity index (χ4v) is 2.97. The van der Waals surface area contributed by atoms with Gasteiger partial charge in [-0.25, -0.2) is 0 Å². The highest BCUT2D eigenvalue weighted by molar-refractivity contribution is 5.80. The van der Waals surface area contributed by atoms with Crippen LogP contribution in [0.3, 0.4) is 0 Å². The molecule has 1 atom stereocenters. The second-order valence-electron chi connectivity index (χ2n) is 6.05. The molecule has 0 spiro atoms. The number of rotatable bonds is 7. The van der Waals surface area contributed by atoms with Gasteiger partial charge in [0, 0.05) is 18.0 Å². The van der Waals surface area contributed by atoms with E-state index in [1.54, 1.807) is 32.7 Å². The molecule has 0 fully saturated rings. The number of nitrogens with one attached hydrogen (secondary N) is 1. The summed E-state index contributed by atoms with van der Waals surface area (Å²) in [5.74, 6) is 1.24. The van der Waals surface area contributed by atoms with Gasteiger partial charge in [-0.1, -0.05) is 30.3 Å². The molecule has 5 nitrogen and oxygen atoms in total. The Bertz CT molecular complexity index is 843. The normalized spacial score (nSPS) is 11.5. The van der Waals surface area contributed by atoms with E-state index < -0.39 is 0 Å². The smallest absolute Gasteiger partial charge is 0.225 e. The van der Waals surface area contributed by atoms with Crippen molar-refractivity contribution >= 4 is 5.91 Å². The van der Waals surface area contributed by atoms with Crippen LogP contribution in [0, 0.1) is 0 Å². The molecule has 0 bridgehead atoms. The maximum Gasteiger partial charge on any atom is 0.225 e. The van der Waals surface area contributed by atoms with Gasteiger partial charge in [-0.2, -0.15) is 0 Å². The Labute approximate surface area is 159 Å². The fourth-order valence-electron chi connectivity index (χ4n) is 2.97. The molecular weight excluding hydrogens is 340 g/mol. The van der Waals surface area contributed by atoms with Gasteiger partial charge in [0.1, 0.15) is 11.5 Å². The third kappa shape index (κ3) is 4.64. The summed E-state index contributed by atoms with van der Waals surface area (Å²) in [6.07, 6.45) is 3.64. The van der Waals surface area contributed by atoms with Gasteiger partial charge in [0.2, 0.25) is 5.91 Å². The molecular formula is C22H22N2O3. The van der Waals surface area contributed by atoms with Crippen LogP contribution in [0.15, 0.2) is 73.1 Å². The molecule has 0 saturated heterocycles. The van der Waals surface area contributed by atoms with Gasteiger partial charge in [0.25, 0.3) is 0 Å². The van der Waals surface area contributed by atoms with Crippen LogP contribution in [-0.4, -0.2) is 25.1 Å². The average Bonchev–Trinajstić information content (AvgIpc) is 2.73. The first-order valence-electron chi connectivity index (χ1n) is 8.66. The topological polar surface area (TPSA) is 60.5 Å². The van der Waals surface area contributed by atoms with Gasteiger partial charge in [-0.05, 0) is 41.5 Å². The van der Waals surface area contributed by atoms with E-state index in [0.29, 0.717) is 11.5 Å². The molecule has 1 unspecified atom stereocenters. The summed E-state index contributed by atoms with van der Waals surface area (Å²) in [6.45, 7) is 0. The minimum atomic E-state index is -0.252. The Morgan fingerprint density at radius 2 is 1.67 bits per heavy atom. The number of pyridine rings is 1. The van der Waals surface area contributed by atoms with E-state index in [1.165, 1.54) is 0 Å². The number of aromatic nitrogens is 1. The summed E-state index contributed by atoms with van der Waals surface area (Å²) in [4.78, 5) is 16.9. The zero-order valence-corrected chi connectivity index (χ0v) is 15.4. The van der Waals surface area contributed by atoms with Crippen molar-refractivity contribution in [1.82, 2.24) is 10.3 Å². The molecule has 0 aliphatic rings. The first-order chi connectivity index (χ1) is 13.2. The zero-order chi connectivity index (χ0) is 19.1. The molecule has 1 aromatic heterocycles. The van der Waals surface area contributed by atoms with E-state index in [2.05, 4.69) is 10.3 Å². The Morgan fingerprint density at radius 1 is 0.963 bits per heavy atom. The minimum absolute atomic E-state index is 0.104. The van der Waals surface area contributed by atoms with Crippen molar-refractivity contribution in [3.05, 3.63) is 89.7 Å². The molecule has 1 amide bonds. The van der Waals surface area contributed by atoms with Crippen LogP contribution in [-0.2, 0) is 11.2 Å². The number of carbonyl (C=O) groups is 1. The van der Waals surface area contributed by atoms with Gasteiger partial charge in [0.15, 0.2) is 0 Å². The van der Waals surface area contributed by atoms with Crippen molar-refractivity contribution in [3.63, 3.8) is 0 Å². The number of nitrogens with zero attached hydrogens (tertiary/aromatic N) is 1. The molecule has 3 aromatic rings. The molecule has 0 saturated carbocycles. The Hall–Kier alpha value is -3.34. The number of carbonyl (C=O) groups excluding carboxylic acids is 1. The number of hydrogen-bond donors (Lipinski definition) is 1. The molecule has 0 aliphatic carbocycles. The van der Waals surface area contributed by atoms with Gasteiger partial charge < -0.3 is 14.8 Å². The maximum absolute atomic E-state index is 12.8. The first-order valence-corrected chi connectivity index (χ1v) is 8.66. The van der Waals surface area contributed by atoms with Gasteiger partial charge in [-0.3, -0.25) is 9.78 Å². The maximum atomic E-state index is 12.8. The van der Waals surface area contributed by atoms with E-state index in [9.17, 15) is 4.79 Å². The number of benzene rings is 2. The lowest BCUT2D eigenvalue weighted by Crippen LogP contribution is -2.30. The number of methoxy groups -OCH3 is 2. The average molecular weight is 362 g/mol. The molecule has 2 aromatic carbocycles. The Kier molecular flexibility index (Phi) is 6.05. The fraction of sp³-hybridized carbons (Fsp3) is 0.182. The van der Waals surface area contributed by atoms with E-state index in [0.717, 1.165) is 16.7 Å². The zero-order valence-electron chi connectivity index (χ0n) is 15.4. The van der Waals surface area contributed by atoms with Crippen LogP contribution in [0.2, 0.25) is 0 Å². The van der Waals surface area contributed by atoms with Crippen LogP contribution in [0.1, 0.15) is 22.7 Å². The van der Waals surface area contributed by atoms with E-state index >= 15 is 0 Å². The quantitative estimate of drug-likeness (QED) is 0.698. The predicted octanol–water partition coefficient (Wildman–Crippen LogP) is 3.55. The number of ether oxygens (including phenoxy) is 2. The molecule has 0 aliphatic heterocycles.